The first-order chi connectivity index (χ1) is 18.1. The van der Waals surface area contributed by atoms with Crippen molar-refractivity contribution in [3.05, 3.63) is 39.8 Å². The Balaban J connectivity index is 1.80. The minimum atomic E-state index is -2.94. The molecule has 1 atom stereocenters. The molecule has 0 fully saturated rings. The molecule has 5 rings (SSSR count). The molecular formula is C26H28F3N5O2SSi. The number of hydrogen-bond donors (Lipinski definition) is 0. The number of pyridine rings is 1. The van der Waals surface area contributed by atoms with Gasteiger partial charge in [-0.25, -0.2) is 22.8 Å². The second-order valence-corrected chi connectivity index (χ2v) is 17.4. The molecule has 4 aromatic heterocycles. The van der Waals surface area contributed by atoms with E-state index in [-0.39, 0.29) is 31.3 Å². The lowest BCUT2D eigenvalue weighted by atomic mass is 9.98. The van der Waals surface area contributed by atoms with Gasteiger partial charge in [-0.2, -0.15) is 10.4 Å². The molecule has 4 aromatic rings. The fourth-order valence-electron chi connectivity index (χ4n) is 4.67. The largest absolute Gasteiger partial charge is 0.474 e. The van der Waals surface area contributed by atoms with E-state index in [2.05, 4.69) is 35.8 Å². The lowest BCUT2D eigenvalue weighted by molar-refractivity contribution is 0.0907. The molecule has 0 bridgehead atoms. The summed E-state index contributed by atoms with van der Waals surface area (Å²) in [5, 5.41) is 14.7. The maximum atomic E-state index is 14.5. The topological polar surface area (TPSA) is 77.9 Å². The number of alkyl halides is 3. The fraction of sp³-hybridized carbons (Fsp3) is 0.423. The minimum absolute atomic E-state index is 0.0529. The van der Waals surface area contributed by atoms with Gasteiger partial charge in [0.15, 0.2) is 6.17 Å². The zero-order chi connectivity index (χ0) is 27.2. The number of nitriles is 1. The summed E-state index contributed by atoms with van der Waals surface area (Å²) in [6, 6.07) is 8.67. The zero-order valence-electron chi connectivity index (χ0n) is 21.6. The van der Waals surface area contributed by atoms with Gasteiger partial charge in [0, 0.05) is 42.3 Å². The number of halogens is 3. The van der Waals surface area contributed by atoms with E-state index >= 15 is 0 Å². The van der Waals surface area contributed by atoms with Gasteiger partial charge in [-0.3, -0.25) is 0 Å². The Morgan fingerprint density at radius 1 is 1.32 bits per heavy atom. The van der Waals surface area contributed by atoms with Gasteiger partial charge in [-0.05, 0) is 31.2 Å². The molecule has 0 amide bonds. The summed E-state index contributed by atoms with van der Waals surface area (Å²) in [6.07, 6.45) is -2.67. The van der Waals surface area contributed by atoms with Crippen LogP contribution < -0.4 is 4.74 Å². The lowest BCUT2D eigenvalue weighted by Crippen LogP contribution is -2.27. The third kappa shape index (κ3) is 4.86. The normalized spacial score (nSPS) is 15.6. The molecule has 7 nitrogen and oxygen atoms in total. The molecule has 12 heteroatoms. The van der Waals surface area contributed by atoms with Gasteiger partial charge in [-0.15, -0.1) is 11.3 Å². The number of thiophene rings is 1. The molecule has 5 heterocycles. The van der Waals surface area contributed by atoms with Crippen molar-refractivity contribution in [1.82, 2.24) is 19.3 Å². The van der Waals surface area contributed by atoms with Crippen LogP contribution in [0.3, 0.4) is 0 Å². The van der Waals surface area contributed by atoms with E-state index in [9.17, 15) is 18.4 Å². The number of fused-ring (bicyclic) bond motifs is 2. The van der Waals surface area contributed by atoms with Gasteiger partial charge in [0.25, 0.3) is 6.43 Å². The number of hydrogen-bond acceptors (Lipinski definition) is 6. The number of aryl methyl sites for hydroxylation is 1. The SMILES string of the molecule is Cc1cc(-c2c(-c3c(C(F)F)nn4c3OC[C@@H](F)C4)n(COCC[Si](C)(C)C)c3ncccc23)c(C#N)s1. The van der Waals surface area contributed by atoms with Crippen LogP contribution in [-0.2, 0) is 18.0 Å². The average molecular weight is 560 g/mol. The predicted molar refractivity (Wildman–Crippen MR) is 143 cm³/mol. The Kier molecular flexibility index (Phi) is 7.10. The molecule has 0 spiro atoms. The predicted octanol–water partition coefficient (Wildman–Crippen LogP) is 6.79. The van der Waals surface area contributed by atoms with Gasteiger partial charge in [-0.1, -0.05) is 19.6 Å². The third-order valence-corrected chi connectivity index (χ3v) is 9.07. The number of ether oxygens (including phenoxy) is 2. The molecular weight excluding hydrogens is 531 g/mol. The fourth-order valence-corrected chi connectivity index (χ4v) is 6.24. The summed E-state index contributed by atoms with van der Waals surface area (Å²) in [4.78, 5) is 5.94. The van der Waals surface area contributed by atoms with Gasteiger partial charge in [0.1, 0.15) is 35.6 Å². The van der Waals surface area contributed by atoms with Crippen molar-refractivity contribution in [1.29, 1.82) is 5.26 Å². The van der Waals surface area contributed by atoms with Crippen LogP contribution in [0.2, 0.25) is 25.7 Å². The Bertz CT molecular complexity index is 1530. The number of aromatic nitrogens is 4. The summed E-state index contributed by atoms with van der Waals surface area (Å²) in [5.74, 6) is 0.0760. The minimum Gasteiger partial charge on any atom is -0.474 e. The molecule has 0 saturated heterocycles. The van der Waals surface area contributed by atoms with E-state index in [4.69, 9.17) is 9.47 Å². The first-order valence-electron chi connectivity index (χ1n) is 12.3. The molecule has 38 heavy (non-hydrogen) atoms. The van der Waals surface area contributed by atoms with Crippen molar-refractivity contribution >= 4 is 30.4 Å². The summed E-state index contributed by atoms with van der Waals surface area (Å²) in [6.45, 7) is 8.75. The highest BCUT2D eigenvalue weighted by Gasteiger charge is 2.36. The number of rotatable bonds is 8. The Morgan fingerprint density at radius 2 is 2.11 bits per heavy atom. The van der Waals surface area contributed by atoms with Crippen LogP contribution in [0.1, 0.15) is 21.9 Å². The standard InChI is InChI=1S/C26H28F3N5O2SSi/c1-15-10-18(19(11-30)37-15)20-17-6-5-7-31-25(17)33(14-35-8-9-38(2,3)4)23(20)21-22(24(28)29)32-34-12-16(27)13-36-26(21)34/h5-7,10,16,24H,8-9,12-14H2,1-4H3/t16-/m0/s1. The van der Waals surface area contributed by atoms with Crippen molar-refractivity contribution in [2.45, 2.75) is 58.5 Å². The first-order valence-corrected chi connectivity index (χ1v) is 16.8. The Labute approximate surface area is 223 Å². The summed E-state index contributed by atoms with van der Waals surface area (Å²) in [5.41, 5.74) is 1.65. The molecule has 200 valence electrons. The van der Waals surface area contributed by atoms with Crippen molar-refractivity contribution < 1.29 is 22.6 Å². The summed E-state index contributed by atoms with van der Waals surface area (Å²) >= 11 is 1.33. The van der Waals surface area contributed by atoms with E-state index in [1.807, 2.05) is 19.1 Å². The van der Waals surface area contributed by atoms with E-state index in [0.717, 1.165) is 10.9 Å². The molecule has 1 aliphatic rings. The first kappa shape index (κ1) is 26.5. The molecule has 0 saturated carbocycles. The molecule has 1 aliphatic heterocycles. The van der Waals surface area contributed by atoms with Gasteiger partial charge in [0.05, 0.1) is 17.8 Å². The van der Waals surface area contributed by atoms with Crippen LogP contribution in [0, 0.1) is 18.3 Å². The maximum Gasteiger partial charge on any atom is 0.282 e. The van der Waals surface area contributed by atoms with Crippen molar-refractivity contribution in [3.8, 4) is 34.3 Å². The lowest BCUT2D eigenvalue weighted by Gasteiger charge is -2.21. The van der Waals surface area contributed by atoms with Crippen LogP contribution in [0.25, 0.3) is 33.4 Å². The Morgan fingerprint density at radius 3 is 2.82 bits per heavy atom. The van der Waals surface area contributed by atoms with Gasteiger partial charge >= 0.3 is 0 Å². The van der Waals surface area contributed by atoms with E-state index < -0.39 is 26.4 Å². The summed E-state index contributed by atoms with van der Waals surface area (Å²) < 4.78 is 57.8. The van der Waals surface area contributed by atoms with Crippen LogP contribution in [0.15, 0.2) is 24.4 Å². The van der Waals surface area contributed by atoms with Crippen LogP contribution in [-0.4, -0.2) is 46.8 Å². The monoisotopic (exact) mass is 559 g/mol. The van der Waals surface area contributed by atoms with Crippen molar-refractivity contribution in [2.24, 2.45) is 0 Å². The third-order valence-electron chi connectivity index (χ3n) is 6.41. The molecule has 0 N–H and O–H groups in total. The highest BCUT2D eigenvalue weighted by atomic mass is 32.1. The van der Waals surface area contributed by atoms with E-state index in [0.29, 0.717) is 39.3 Å². The molecule has 0 unspecified atom stereocenters. The van der Waals surface area contributed by atoms with Gasteiger partial charge < -0.3 is 14.0 Å². The Hall–Kier alpha value is -3.14. The highest BCUT2D eigenvalue weighted by molar-refractivity contribution is 7.13. The van der Waals surface area contributed by atoms with Gasteiger partial charge in [0.2, 0.25) is 5.88 Å². The van der Waals surface area contributed by atoms with Crippen molar-refractivity contribution in [3.63, 3.8) is 0 Å². The average Bonchev–Trinajstić information content (AvgIpc) is 3.51. The van der Waals surface area contributed by atoms with Crippen LogP contribution >= 0.6 is 11.3 Å². The highest BCUT2D eigenvalue weighted by Crippen LogP contribution is 2.49. The van der Waals surface area contributed by atoms with Crippen LogP contribution in [0.4, 0.5) is 13.2 Å². The smallest absolute Gasteiger partial charge is 0.282 e. The molecule has 0 radical (unpaired) electrons. The molecule has 0 aromatic carbocycles. The second kappa shape index (κ2) is 10.2. The molecule has 0 aliphatic carbocycles. The zero-order valence-corrected chi connectivity index (χ0v) is 23.4. The van der Waals surface area contributed by atoms with Crippen LogP contribution in [0.5, 0.6) is 5.88 Å². The van der Waals surface area contributed by atoms with Crippen molar-refractivity contribution in [2.75, 3.05) is 13.2 Å². The van der Waals surface area contributed by atoms with E-state index in [1.54, 1.807) is 16.8 Å². The summed E-state index contributed by atoms with van der Waals surface area (Å²) in [7, 11) is -1.38. The number of nitrogens with zero attached hydrogens (tertiary/aromatic N) is 5. The maximum absolute atomic E-state index is 14.5. The quantitative estimate of drug-likeness (QED) is 0.175. The van der Waals surface area contributed by atoms with E-state index in [1.165, 1.54) is 16.0 Å². The second-order valence-electron chi connectivity index (χ2n) is 10.5.